The van der Waals surface area contributed by atoms with Crippen LogP contribution in [0, 0.1) is 0 Å². The smallest absolute Gasteiger partial charge is 0.347 e. The van der Waals surface area contributed by atoms with Crippen molar-refractivity contribution in [1.29, 1.82) is 0 Å². The number of ether oxygens (including phenoxy) is 2. The molecule has 0 aromatic carbocycles. The summed E-state index contributed by atoms with van der Waals surface area (Å²) in [6.07, 6.45) is 4.90. The van der Waals surface area contributed by atoms with Crippen LogP contribution in [0.25, 0.3) is 11.6 Å². The van der Waals surface area contributed by atoms with Gasteiger partial charge in [-0.15, -0.1) is 0 Å². The minimum atomic E-state index is -0.623. The first-order valence-corrected chi connectivity index (χ1v) is 9.62. The number of aromatic hydroxyl groups is 1. The summed E-state index contributed by atoms with van der Waals surface area (Å²) in [5.41, 5.74) is 1.60. The maximum absolute atomic E-state index is 12.6. The van der Waals surface area contributed by atoms with Crippen LogP contribution in [0.15, 0.2) is 27.7 Å². The van der Waals surface area contributed by atoms with Crippen LogP contribution in [0.3, 0.4) is 0 Å². The fraction of sp³-hybridized carbons (Fsp3) is 0.381. The van der Waals surface area contributed by atoms with Crippen molar-refractivity contribution >= 4 is 35.5 Å². The molecule has 2 aromatic heterocycles. The molecule has 29 heavy (non-hydrogen) atoms. The van der Waals surface area contributed by atoms with Gasteiger partial charge in [-0.3, -0.25) is 0 Å². The Balaban J connectivity index is 1.77. The van der Waals surface area contributed by atoms with Crippen LogP contribution < -0.4 is 4.90 Å². The van der Waals surface area contributed by atoms with E-state index in [0.29, 0.717) is 18.9 Å². The van der Waals surface area contributed by atoms with Crippen LogP contribution in [0.4, 0.5) is 11.7 Å². The molecule has 8 nitrogen and oxygen atoms in total. The standard InChI is InChI=1S/C21H23N3O5/c1-4-27-21(26)17-18(25)16(8-14-9-23-19-15(14)6-5-7-22-19)29-20(17)24-10-12(2)28-13(3)11-24/h5-9,12-13,25H,4,10-11H2,1-3H3/t12-,13?/m1/s1. The van der Waals surface area contributed by atoms with E-state index in [9.17, 15) is 9.90 Å². The fourth-order valence-electron chi connectivity index (χ4n) is 3.66. The van der Waals surface area contributed by atoms with Crippen molar-refractivity contribution in [2.24, 2.45) is 4.99 Å². The van der Waals surface area contributed by atoms with Crippen LogP contribution in [-0.2, 0) is 9.47 Å². The topological polar surface area (TPSA) is 97.4 Å². The number of aliphatic imine (C=N–C) groups is 1. The highest BCUT2D eigenvalue weighted by molar-refractivity contribution is 6.21. The van der Waals surface area contributed by atoms with E-state index in [0.717, 1.165) is 11.1 Å². The van der Waals surface area contributed by atoms with Crippen molar-refractivity contribution in [2.45, 2.75) is 33.0 Å². The number of hydrogen-bond donors (Lipinski definition) is 1. The fourth-order valence-corrected chi connectivity index (χ4v) is 3.66. The van der Waals surface area contributed by atoms with E-state index in [1.807, 2.05) is 30.9 Å². The van der Waals surface area contributed by atoms with Gasteiger partial charge in [0.1, 0.15) is 0 Å². The molecule has 4 rings (SSSR count). The Labute approximate surface area is 168 Å². The van der Waals surface area contributed by atoms with Gasteiger partial charge < -0.3 is 23.9 Å². The molecule has 0 amide bonds. The summed E-state index contributed by atoms with van der Waals surface area (Å²) < 4.78 is 16.9. The Hall–Kier alpha value is -3.13. The highest BCUT2D eigenvalue weighted by atomic mass is 16.5. The molecule has 0 bridgehead atoms. The molecular weight excluding hydrogens is 374 g/mol. The van der Waals surface area contributed by atoms with Crippen LogP contribution in [0.2, 0.25) is 0 Å². The van der Waals surface area contributed by atoms with Crippen molar-refractivity contribution in [3.63, 3.8) is 0 Å². The van der Waals surface area contributed by atoms with E-state index in [1.165, 1.54) is 0 Å². The quantitative estimate of drug-likeness (QED) is 0.790. The Bertz CT molecular complexity index is 984. The van der Waals surface area contributed by atoms with Crippen LogP contribution in [0.1, 0.15) is 42.5 Å². The van der Waals surface area contributed by atoms with Gasteiger partial charge in [0.25, 0.3) is 0 Å². The number of anilines is 1. The minimum Gasteiger partial charge on any atom is -0.504 e. The van der Waals surface area contributed by atoms with Crippen molar-refractivity contribution in [2.75, 3.05) is 24.6 Å². The molecular formula is C21H23N3O5. The van der Waals surface area contributed by atoms with Crippen molar-refractivity contribution in [3.8, 4) is 5.75 Å². The van der Waals surface area contributed by atoms with Gasteiger partial charge in [-0.1, -0.05) is 0 Å². The van der Waals surface area contributed by atoms with Gasteiger partial charge in [0.05, 0.1) is 18.8 Å². The normalized spacial score (nSPS) is 22.2. The Morgan fingerprint density at radius 2 is 2.14 bits per heavy atom. The lowest BCUT2D eigenvalue weighted by molar-refractivity contribution is -0.00657. The molecule has 0 spiro atoms. The summed E-state index contributed by atoms with van der Waals surface area (Å²) in [6.45, 7) is 6.90. The second kappa shape index (κ2) is 7.71. The number of carbonyl (C=O) groups is 1. The third-order valence-corrected chi connectivity index (χ3v) is 4.79. The summed E-state index contributed by atoms with van der Waals surface area (Å²) in [5, 5.41) is 10.8. The maximum atomic E-state index is 12.6. The molecule has 2 aliphatic rings. The second-order valence-electron chi connectivity index (χ2n) is 7.11. The first-order valence-electron chi connectivity index (χ1n) is 9.62. The molecule has 152 valence electrons. The first kappa shape index (κ1) is 19.2. The lowest BCUT2D eigenvalue weighted by Gasteiger charge is -2.35. The number of morpholine rings is 1. The number of esters is 1. The number of pyridine rings is 1. The highest BCUT2D eigenvalue weighted by Gasteiger charge is 2.33. The van der Waals surface area contributed by atoms with Gasteiger partial charge in [0.15, 0.2) is 22.9 Å². The SMILES string of the molecule is CCOC(=O)c1c(N2CC(C)O[C@H](C)C2)oc(C=C2C=Nc3ncccc32)c1O. The van der Waals surface area contributed by atoms with E-state index in [4.69, 9.17) is 13.9 Å². The van der Waals surface area contributed by atoms with Gasteiger partial charge >= 0.3 is 5.97 Å². The number of aromatic nitrogens is 1. The summed E-state index contributed by atoms with van der Waals surface area (Å²) in [4.78, 5) is 23.0. The van der Waals surface area contributed by atoms with Crippen LogP contribution >= 0.6 is 0 Å². The minimum absolute atomic E-state index is 0.0290. The molecule has 1 N–H and O–H groups in total. The van der Waals surface area contributed by atoms with Crippen LogP contribution in [0.5, 0.6) is 5.75 Å². The predicted molar refractivity (Wildman–Crippen MR) is 109 cm³/mol. The van der Waals surface area contributed by atoms with Crippen LogP contribution in [-0.4, -0.2) is 54.2 Å². The summed E-state index contributed by atoms with van der Waals surface area (Å²) in [7, 11) is 0. The Morgan fingerprint density at radius 3 is 2.86 bits per heavy atom. The number of allylic oxidation sites excluding steroid dienone is 1. The van der Waals surface area contributed by atoms with E-state index in [-0.39, 0.29) is 41.8 Å². The van der Waals surface area contributed by atoms with Gasteiger partial charge in [-0.05, 0) is 39.0 Å². The maximum Gasteiger partial charge on any atom is 0.347 e. The molecule has 1 fully saturated rings. The van der Waals surface area contributed by atoms with E-state index in [2.05, 4.69) is 9.98 Å². The van der Waals surface area contributed by atoms with E-state index < -0.39 is 5.97 Å². The molecule has 1 unspecified atom stereocenters. The van der Waals surface area contributed by atoms with E-state index >= 15 is 0 Å². The summed E-state index contributed by atoms with van der Waals surface area (Å²) in [6, 6.07) is 3.70. The van der Waals surface area contributed by atoms with Crippen molar-refractivity contribution in [3.05, 3.63) is 35.2 Å². The molecule has 2 atom stereocenters. The van der Waals surface area contributed by atoms with Gasteiger partial charge in [0, 0.05) is 36.6 Å². The first-order chi connectivity index (χ1) is 14.0. The van der Waals surface area contributed by atoms with Gasteiger partial charge in [0.2, 0.25) is 5.88 Å². The Morgan fingerprint density at radius 1 is 1.38 bits per heavy atom. The Kier molecular flexibility index (Phi) is 5.10. The third-order valence-electron chi connectivity index (χ3n) is 4.79. The highest BCUT2D eigenvalue weighted by Crippen LogP contribution is 2.40. The average molecular weight is 397 g/mol. The zero-order valence-corrected chi connectivity index (χ0v) is 16.6. The number of hydrogen-bond acceptors (Lipinski definition) is 8. The molecule has 0 aliphatic carbocycles. The zero-order chi connectivity index (χ0) is 20.5. The van der Waals surface area contributed by atoms with Gasteiger partial charge in [-0.25, -0.2) is 14.8 Å². The monoisotopic (exact) mass is 397 g/mol. The zero-order valence-electron chi connectivity index (χ0n) is 16.6. The van der Waals surface area contributed by atoms with E-state index in [1.54, 1.807) is 25.4 Å². The van der Waals surface area contributed by atoms with Crippen molar-refractivity contribution in [1.82, 2.24) is 4.98 Å². The number of fused-ring (bicyclic) bond motifs is 1. The molecule has 2 aromatic rings. The largest absolute Gasteiger partial charge is 0.504 e. The lowest BCUT2D eigenvalue weighted by Crippen LogP contribution is -2.45. The predicted octanol–water partition coefficient (Wildman–Crippen LogP) is 3.43. The van der Waals surface area contributed by atoms with Gasteiger partial charge in [-0.2, -0.15) is 0 Å². The second-order valence-corrected chi connectivity index (χ2v) is 7.11. The molecule has 8 heteroatoms. The third kappa shape index (κ3) is 3.63. The molecule has 1 saturated heterocycles. The molecule has 2 aliphatic heterocycles. The number of carbonyl (C=O) groups excluding carboxylic acids is 1. The summed E-state index contributed by atoms with van der Waals surface area (Å²) >= 11 is 0. The summed E-state index contributed by atoms with van der Waals surface area (Å²) in [5.74, 6) is 0.196. The molecule has 4 heterocycles. The average Bonchev–Trinajstić information content (AvgIpc) is 3.23. The molecule has 0 radical (unpaired) electrons. The number of nitrogens with zero attached hydrogens (tertiary/aromatic N) is 3. The van der Waals surface area contributed by atoms with Crippen molar-refractivity contribution < 1.29 is 23.8 Å². The molecule has 0 saturated carbocycles. The lowest BCUT2D eigenvalue weighted by atomic mass is 10.1. The number of rotatable bonds is 4. The number of furan rings is 1.